The van der Waals surface area contributed by atoms with Gasteiger partial charge in [0.2, 0.25) is 6.08 Å². The number of nitriles is 1. The molecule has 0 aromatic heterocycles. The van der Waals surface area contributed by atoms with Crippen LogP contribution in [0.4, 0.5) is 0 Å². The monoisotopic (exact) mass is 956 g/mol. The molecule has 5 rings (SSSR count). The first-order valence-corrected chi connectivity index (χ1v) is 26.2. The quantitative estimate of drug-likeness (QED) is 0.0152. The van der Waals surface area contributed by atoms with Crippen LogP contribution in [-0.2, 0) is 38.4 Å². The molecule has 8 atom stereocenters. The van der Waals surface area contributed by atoms with Gasteiger partial charge in [0.15, 0.2) is 0 Å². The van der Waals surface area contributed by atoms with Crippen molar-refractivity contribution in [1.29, 1.82) is 5.26 Å². The van der Waals surface area contributed by atoms with E-state index in [2.05, 4.69) is 88.8 Å². The van der Waals surface area contributed by atoms with Crippen molar-refractivity contribution in [3.05, 3.63) is 95.6 Å². The molecule has 362 valence electrons. The lowest BCUT2D eigenvalue weighted by Gasteiger charge is -2.40. The van der Waals surface area contributed by atoms with Gasteiger partial charge in [0.05, 0.1) is 61.4 Å². The summed E-state index contributed by atoms with van der Waals surface area (Å²) in [5.74, 6) is 1.07. The molecule has 13 nitrogen and oxygen atoms in total. The highest BCUT2D eigenvalue weighted by molar-refractivity contribution is 7.50. The van der Waals surface area contributed by atoms with Crippen molar-refractivity contribution in [2.24, 2.45) is 4.99 Å². The number of ether oxygens (including phenoxy) is 6. The van der Waals surface area contributed by atoms with Crippen molar-refractivity contribution in [1.82, 2.24) is 9.34 Å². The van der Waals surface area contributed by atoms with E-state index in [9.17, 15) is 4.79 Å². The molecule has 17 heteroatoms. The molecule has 2 aliphatic heterocycles. The van der Waals surface area contributed by atoms with Gasteiger partial charge in [0, 0.05) is 49.7 Å². The third-order valence-electron chi connectivity index (χ3n) is 11.7. The topological polar surface area (TPSA) is 134 Å². The predicted octanol–water partition coefficient (Wildman–Crippen LogP) is 9.59. The second-order valence-corrected chi connectivity index (χ2v) is 21.3. The summed E-state index contributed by atoms with van der Waals surface area (Å²) in [6, 6.07) is 27.2. The maximum Gasteiger partial charge on any atom is 0.286 e. The van der Waals surface area contributed by atoms with Crippen LogP contribution >= 0.6 is 16.6 Å². The van der Waals surface area contributed by atoms with E-state index in [1.807, 2.05) is 66.7 Å². The first-order valence-electron chi connectivity index (χ1n) is 23.4. The lowest BCUT2D eigenvalue weighted by molar-refractivity contribution is -0.0655. The predicted molar refractivity (Wildman–Crippen MR) is 269 cm³/mol. The van der Waals surface area contributed by atoms with Crippen LogP contribution in [0.15, 0.2) is 83.9 Å². The summed E-state index contributed by atoms with van der Waals surface area (Å²) < 4.78 is 53.1. The molecular weight excluding hydrogens is 884 g/mol. The first kappa shape index (κ1) is 56.2. The van der Waals surface area contributed by atoms with Crippen LogP contribution < -0.4 is 9.47 Å². The summed E-state index contributed by atoms with van der Waals surface area (Å²) >= 11 is 0. The molecule has 2 fully saturated rings. The van der Waals surface area contributed by atoms with Gasteiger partial charge in [-0.15, -0.1) is 0 Å². The molecule has 3 aromatic carbocycles. The molecule has 0 aliphatic carbocycles. The zero-order valence-corrected chi connectivity index (χ0v) is 43.2. The van der Waals surface area contributed by atoms with Crippen molar-refractivity contribution < 1.29 is 42.3 Å². The van der Waals surface area contributed by atoms with Gasteiger partial charge >= 0.3 is 0 Å². The summed E-state index contributed by atoms with van der Waals surface area (Å²) in [4.78, 5) is 14.0. The van der Waals surface area contributed by atoms with Gasteiger partial charge in [0.25, 0.3) is 6.26 Å². The van der Waals surface area contributed by atoms with E-state index >= 15 is 0 Å². The number of carbonyl (C=O) groups excluding carboxylic acids is 1. The van der Waals surface area contributed by atoms with E-state index in [0.717, 1.165) is 34.6 Å². The fourth-order valence-corrected chi connectivity index (χ4v) is 13.4. The summed E-state index contributed by atoms with van der Waals surface area (Å²) in [6.45, 7) is 21.1. The Morgan fingerprint density at radius 3 is 1.60 bits per heavy atom. The Morgan fingerprint density at radius 2 is 1.16 bits per heavy atom. The minimum absolute atomic E-state index is 0.0516. The SMILES string of the molecule is [B][C@@H]1CO[C@@H](COC(c2ccccc2)(c2ccc(OC)cc2)c2ccc(OC)cc2)C1OP(CCOC#N)N(C(C)C)C(C)C.[B][C@H]1CO[C@H](CC)C1OP(CCN=C=O)N(C(C)C)C(C)C. The number of rotatable bonds is 25. The zero-order chi connectivity index (χ0) is 49.1. The maximum absolute atomic E-state index is 10.3. The standard InChI is InChI=1S/C35H44BN2O6P.C15H28BN2O3P/c1-25(2)38(26(3)4)45(21-20-41-24-37)44-34-32(36)22-42-33(34)23-43-35(27-10-8-7-9-11-27,28-12-16-30(39-5)17-13-28)29-14-18-31(40-6)19-15-29;1-6-14-15(13(16)9-20-14)21-22(8-7-17-10-19)18(11(2)3)12(4)5/h7-19,25-26,32-34H,20-23H2,1-6H3;11-15H,6-9H2,1-5H3/t32-,33+,34?,45?;13-,14+,15?,22?/m10/s1. The van der Waals surface area contributed by atoms with Crippen LogP contribution in [0.25, 0.3) is 0 Å². The van der Waals surface area contributed by atoms with Crippen LogP contribution in [0.2, 0.25) is 11.6 Å². The number of hydrogen-bond donors (Lipinski definition) is 0. The molecule has 4 radical (unpaired) electrons. The Bertz CT molecular complexity index is 1900. The molecule has 4 unspecified atom stereocenters. The van der Waals surface area contributed by atoms with Crippen LogP contribution in [0.1, 0.15) is 85.4 Å². The summed E-state index contributed by atoms with van der Waals surface area (Å²) in [5, 5.41) is 9.00. The van der Waals surface area contributed by atoms with Gasteiger partial charge in [-0.2, -0.15) is 5.26 Å². The highest BCUT2D eigenvalue weighted by atomic mass is 31.2. The number of aliphatic imine (C=N–C) groups is 1. The highest BCUT2D eigenvalue weighted by Crippen LogP contribution is 2.51. The summed E-state index contributed by atoms with van der Waals surface area (Å²) in [5.41, 5.74) is 1.83. The number of hydrogen-bond acceptors (Lipinski definition) is 13. The van der Waals surface area contributed by atoms with Crippen molar-refractivity contribution in [3.8, 4) is 17.8 Å². The molecule has 0 saturated carbocycles. The van der Waals surface area contributed by atoms with Crippen molar-refractivity contribution in [3.63, 3.8) is 0 Å². The Morgan fingerprint density at radius 1 is 0.716 bits per heavy atom. The number of isocyanates is 1. The fourth-order valence-electron chi connectivity index (χ4n) is 8.77. The normalized spacial score (nSPS) is 21.6. The second kappa shape index (κ2) is 28.3. The van der Waals surface area contributed by atoms with Gasteiger partial charge in [-0.3, -0.25) is 9.34 Å². The molecule has 0 N–H and O–H groups in total. The second-order valence-electron chi connectivity index (χ2n) is 17.6. The number of benzene rings is 3. The van der Waals surface area contributed by atoms with Crippen LogP contribution in [-0.4, -0.2) is 139 Å². The molecule has 2 aliphatic rings. The van der Waals surface area contributed by atoms with E-state index in [1.165, 1.54) is 0 Å². The minimum atomic E-state index is -1.15. The molecule has 2 heterocycles. The van der Waals surface area contributed by atoms with Gasteiger partial charge in [-0.25, -0.2) is 9.79 Å². The lowest BCUT2D eigenvalue weighted by atomic mass is 9.79. The van der Waals surface area contributed by atoms with E-state index in [4.69, 9.17) is 58.4 Å². The summed E-state index contributed by atoms with van der Waals surface area (Å²) in [7, 11) is 14.1. The molecule has 2 saturated heterocycles. The smallest absolute Gasteiger partial charge is 0.286 e. The van der Waals surface area contributed by atoms with Crippen LogP contribution in [0, 0.1) is 11.5 Å². The summed E-state index contributed by atoms with van der Waals surface area (Å²) in [6.07, 6.45) is 4.67. The molecular formula is C50H72B2N4O9P2. The lowest BCUT2D eigenvalue weighted by Crippen LogP contribution is -2.40. The molecule has 0 spiro atoms. The molecule has 0 bridgehead atoms. The van der Waals surface area contributed by atoms with Crippen molar-refractivity contribution in [2.45, 2.75) is 135 Å². The number of nitrogens with zero attached hydrogens (tertiary/aromatic N) is 4. The third-order valence-corrected chi connectivity index (χ3v) is 16.7. The Balaban J connectivity index is 0.000000374. The highest BCUT2D eigenvalue weighted by Gasteiger charge is 2.44. The van der Waals surface area contributed by atoms with Crippen molar-refractivity contribution in [2.75, 3.05) is 59.5 Å². The Hall–Kier alpha value is -3.36. The Kier molecular flexibility index (Phi) is 23.8. The van der Waals surface area contributed by atoms with E-state index in [1.54, 1.807) is 26.6 Å². The first-order chi connectivity index (χ1) is 32.2. The fraction of sp³-hybridized carbons (Fsp3) is 0.600. The molecule has 3 aromatic rings. The van der Waals surface area contributed by atoms with Crippen LogP contribution in [0.3, 0.4) is 0 Å². The van der Waals surface area contributed by atoms with E-state index < -0.39 is 34.4 Å². The van der Waals surface area contributed by atoms with Gasteiger partial charge in [0.1, 0.15) is 46.4 Å². The molecule has 0 amide bonds. The average molecular weight is 957 g/mol. The third kappa shape index (κ3) is 15.3. The zero-order valence-electron chi connectivity index (χ0n) is 41.4. The average Bonchev–Trinajstić information content (AvgIpc) is 3.85. The van der Waals surface area contributed by atoms with Gasteiger partial charge in [-0.05, 0) is 114 Å². The van der Waals surface area contributed by atoms with Crippen LogP contribution in [0.5, 0.6) is 11.5 Å². The largest absolute Gasteiger partial charge is 0.497 e. The minimum Gasteiger partial charge on any atom is -0.497 e. The number of methoxy groups -OCH3 is 2. The maximum atomic E-state index is 10.3. The van der Waals surface area contributed by atoms with Crippen molar-refractivity contribution >= 4 is 38.4 Å². The van der Waals surface area contributed by atoms with E-state index in [-0.39, 0.29) is 49.1 Å². The van der Waals surface area contributed by atoms with E-state index in [0.29, 0.717) is 44.2 Å². The van der Waals surface area contributed by atoms with Gasteiger partial charge in [-0.1, -0.05) is 61.5 Å². The van der Waals surface area contributed by atoms with Gasteiger partial charge < -0.3 is 37.5 Å². The molecule has 67 heavy (non-hydrogen) atoms. The Labute approximate surface area is 406 Å².